The maximum atomic E-state index is 14.2. The van der Waals surface area contributed by atoms with Gasteiger partial charge in [-0.2, -0.15) is 0 Å². The first-order valence-electron chi connectivity index (χ1n) is 22.4. The molecule has 0 aromatic heterocycles. The van der Waals surface area contributed by atoms with Crippen LogP contribution in [0.3, 0.4) is 0 Å². The average Bonchev–Trinajstić information content (AvgIpc) is 4.07. The molecule has 4 aliphatic heterocycles. The van der Waals surface area contributed by atoms with E-state index in [0.717, 1.165) is 12.8 Å². The molecule has 8 rings (SSSR count). The molecule has 6 N–H and O–H groups in total. The highest BCUT2D eigenvalue weighted by molar-refractivity contribution is 5.96. The van der Waals surface area contributed by atoms with Gasteiger partial charge < -0.3 is 51.5 Å². The Kier molecular flexibility index (Phi) is 12.7. The third-order valence-electron chi connectivity index (χ3n) is 13.8. The number of hydrogen-bond acceptors (Lipinski definition) is 8. The molecule has 10 atom stereocenters. The van der Waals surface area contributed by atoms with E-state index in [0.29, 0.717) is 74.8 Å². The molecule has 62 heavy (non-hydrogen) atoms. The van der Waals surface area contributed by atoms with Gasteiger partial charge >= 0.3 is 12.1 Å². The Balaban J connectivity index is 0.839. The summed E-state index contributed by atoms with van der Waals surface area (Å²) >= 11 is 0. The minimum absolute atomic E-state index is 0.0832. The lowest BCUT2D eigenvalue weighted by atomic mass is 10.1. The number of hydrogen-bond donors (Lipinski definition) is 6. The zero-order valence-electron chi connectivity index (χ0n) is 35.8. The van der Waals surface area contributed by atoms with Crippen molar-refractivity contribution in [2.24, 2.45) is 5.92 Å². The van der Waals surface area contributed by atoms with Gasteiger partial charge in [0.2, 0.25) is 29.5 Å². The van der Waals surface area contributed by atoms with Crippen LogP contribution in [-0.4, -0.2) is 143 Å². The van der Waals surface area contributed by atoms with Crippen molar-refractivity contribution >= 4 is 53.0 Å². The third kappa shape index (κ3) is 9.52. The third-order valence-corrected chi connectivity index (χ3v) is 13.8. The lowest BCUT2D eigenvalue weighted by molar-refractivity contribution is -0.144. The van der Waals surface area contributed by atoms with Crippen LogP contribution in [-0.2, 0) is 24.0 Å². The van der Waals surface area contributed by atoms with Crippen LogP contribution in [0.25, 0.3) is 0 Å². The molecule has 2 aromatic rings. The lowest BCUT2D eigenvalue weighted by Gasteiger charge is -2.39. The van der Waals surface area contributed by atoms with Gasteiger partial charge in [-0.1, -0.05) is 37.3 Å². The largest absolute Gasteiger partial charge is 0.351 e. The number of likely N-dealkylation sites (N-methyl/N-ethyl adjacent to an activating group) is 1. The van der Waals surface area contributed by atoms with Gasteiger partial charge in [0.25, 0.3) is 0 Å². The minimum Gasteiger partial charge on any atom is -0.351 e. The van der Waals surface area contributed by atoms with E-state index in [1.54, 1.807) is 52.9 Å². The second-order valence-corrected chi connectivity index (χ2v) is 18.0. The zero-order chi connectivity index (χ0) is 43.7. The van der Waals surface area contributed by atoms with Crippen LogP contribution in [0.4, 0.5) is 21.0 Å². The second-order valence-electron chi connectivity index (χ2n) is 18.0. The smallest absolute Gasteiger partial charge is 0.321 e. The van der Waals surface area contributed by atoms with Crippen molar-refractivity contribution in [1.82, 2.24) is 40.9 Å². The molecule has 17 nitrogen and oxygen atoms in total. The summed E-state index contributed by atoms with van der Waals surface area (Å²) < 4.78 is 0. The highest BCUT2D eigenvalue weighted by Gasteiger charge is 2.48. The van der Waals surface area contributed by atoms with E-state index in [1.165, 1.54) is 10.5 Å². The molecule has 0 radical (unpaired) electrons. The number of amides is 9. The SMILES string of the molecule is CN[C@@H](C)C(=O)N[C@H]1CN(C(=O)Nc2ccc(NC(=O)N3CCC(=O)N4[C@H](CC[C@H]4C(=O)N[C@@H]4C[C@@H]4c4ccccc4)CC3)cc2)CC[C@H]2CC[C@@H](C(=O)N[C@@H]3C[C@@H]3C)N2C1=O. The summed E-state index contributed by atoms with van der Waals surface area (Å²) in [5.41, 5.74) is 2.18. The van der Waals surface area contributed by atoms with Crippen LogP contribution >= 0.6 is 0 Å². The van der Waals surface area contributed by atoms with Crippen LogP contribution in [0.15, 0.2) is 54.6 Å². The van der Waals surface area contributed by atoms with Crippen molar-refractivity contribution in [3.63, 3.8) is 0 Å². The standard InChI is InChI=1S/C45H60N10O7/c1-26-23-34(26)49-42(59)38-16-14-32-18-21-53(25-36(43(60)55(32)38)51-40(57)27(2)46-3)45(62)48-30-11-9-29(10-12-30)47-44(61)52-20-17-31-13-15-37(54(31)39(56)19-22-52)41(58)50-35-24-33(35)28-7-5-4-6-8-28/h4-12,26-27,31-38,46H,13-25H2,1-3H3,(H,47,61)(H,48,62)(H,49,59)(H,50,58)(H,51,57)/t26-,27-,31+,32+,33+,34+,35+,36-,37-,38-/m0/s1. The molecule has 2 saturated carbocycles. The molecule has 332 valence electrons. The second kappa shape index (κ2) is 18.3. The molecule has 4 heterocycles. The fourth-order valence-corrected chi connectivity index (χ4v) is 9.68. The summed E-state index contributed by atoms with van der Waals surface area (Å²) in [6, 6.07) is 13.1. The van der Waals surface area contributed by atoms with Crippen LogP contribution in [0, 0.1) is 5.92 Å². The molecule has 9 amide bonds. The maximum Gasteiger partial charge on any atom is 0.321 e. The van der Waals surface area contributed by atoms with E-state index in [9.17, 15) is 33.6 Å². The number of carbonyl (C=O) groups is 7. The van der Waals surface area contributed by atoms with Gasteiger partial charge in [0.15, 0.2) is 0 Å². The quantitative estimate of drug-likeness (QED) is 0.209. The van der Waals surface area contributed by atoms with Crippen LogP contribution in [0.5, 0.6) is 0 Å². The summed E-state index contributed by atoms with van der Waals surface area (Å²) in [6.07, 6.45) is 5.41. The summed E-state index contributed by atoms with van der Waals surface area (Å²) in [5.74, 6) is -0.444. The van der Waals surface area contributed by atoms with Crippen LogP contribution in [0.2, 0.25) is 0 Å². The molecular formula is C45H60N10O7. The first-order chi connectivity index (χ1) is 29.9. The predicted molar refractivity (Wildman–Crippen MR) is 231 cm³/mol. The van der Waals surface area contributed by atoms with E-state index < -0.39 is 36.1 Å². The fraction of sp³-hybridized carbons (Fsp3) is 0.578. The summed E-state index contributed by atoms with van der Waals surface area (Å²) in [6.45, 7) is 4.62. The molecular weight excluding hydrogens is 793 g/mol. The molecule has 4 saturated heterocycles. The number of rotatable bonds is 10. The van der Waals surface area contributed by atoms with E-state index >= 15 is 0 Å². The van der Waals surface area contributed by atoms with E-state index in [1.807, 2.05) is 18.2 Å². The summed E-state index contributed by atoms with van der Waals surface area (Å²) in [4.78, 5) is 101. The molecule has 0 bridgehead atoms. The fourth-order valence-electron chi connectivity index (χ4n) is 9.68. The summed E-state index contributed by atoms with van der Waals surface area (Å²) in [7, 11) is 1.64. The Morgan fingerprint density at radius 1 is 0.661 bits per heavy atom. The zero-order valence-corrected chi connectivity index (χ0v) is 35.8. The molecule has 6 fully saturated rings. The highest BCUT2D eigenvalue weighted by atomic mass is 16.2. The Morgan fingerprint density at radius 3 is 1.84 bits per heavy atom. The minimum atomic E-state index is -1.06. The van der Waals surface area contributed by atoms with Gasteiger partial charge in [-0.05, 0) is 101 Å². The molecule has 2 aliphatic carbocycles. The monoisotopic (exact) mass is 852 g/mol. The Bertz CT molecular complexity index is 2040. The number of carbonyl (C=O) groups excluding carboxylic acids is 7. The van der Waals surface area contributed by atoms with Gasteiger partial charge in [-0.3, -0.25) is 24.0 Å². The molecule has 0 unspecified atom stereocenters. The van der Waals surface area contributed by atoms with Gasteiger partial charge in [0, 0.05) is 67.5 Å². The summed E-state index contributed by atoms with van der Waals surface area (Å²) in [5, 5.41) is 17.8. The lowest BCUT2D eigenvalue weighted by Crippen LogP contribution is -2.62. The number of anilines is 2. The molecule has 17 heteroatoms. The van der Waals surface area contributed by atoms with Gasteiger partial charge in [0.1, 0.15) is 18.1 Å². The topological polar surface area (TPSA) is 205 Å². The van der Waals surface area contributed by atoms with E-state index in [2.05, 4.69) is 51.0 Å². The van der Waals surface area contributed by atoms with Crippen molar-refractivity contribution in [2.45, 2.75) is 126 Å². The van der Waals surface area contributed by atoms with Gasteiger partial charge in [0.05, 0.1) is 12.6 Å². The van der Waals surface area contributed by atoms with Crippen molar-refractivity contribution in [2.75, 3.05) is 43.9 Å². The predicted octanol–water partition coefficient (Wildman–Crippen LogP) is 2.56. The molecule has 0 spiro atoms. The van der Waals surface area contributed by atoms with Gasteiger partial charge in [-0.25, -0.2) is 9.59 Å². The number of nitrogens with zero attached hydrogens (tertiary/aromatic N) is 4. The number of urea groups is 2. The Labute approximate surface area is 362 Å². The number of fused-ring (bicyclic) bond motifs is 2. The maximum absolute atomic E-state index is 14.2. The highest BCUT2D eigenvalue weighted by Crippen LogP contribution is 2.41. The number of benzene rings is 2. The Hall–Kier alpha value is -5.71. The first kappa shape index (κ1) is 43.0. The van der Waals surface area contributed by atoms with Crippen LogP contribution < -0.4 is 31.9 Å². The van der Waals surface area contributed by atoms with Crippen molar-refractivity contribution in [3.8, 4) is 0 Å². The van der Waals surface area contributed by atoms with Crippen molar-refractivity contribution in [1.29, 1.82) is 0 Å². The average molecular weight is 853 g/mol. The normalized spacial score (nSPS) is 29.8. The molecule has 6 aliphatic rings. The van der Waals surface area contributed by atoms with Crippen molar-refractivity contribution in [3.05, 3.63) is 60.2 Å². The van der Waals surface area contributed by atoms with Crippen LogP contribution in [0.1, 0.15) is 83.1 Å². The van der Waals surface area contributed by atoms with E-state index in [-0.39, 0.29) is 73.3 Å². The van der Waals surface area contributed by atoms with Crippen molar-refractivity contribution < 1.29 is 33.6 Å². The Morgan fingerprint density at radius 2 is 1.23 bits per heavy atom. The van der Waals surface area contributed by atoms with E-state index in [4.69, 9.17) is 0 Å². The molecule has 2 aromatic carbocycles. The number of nitrogens with one attached hydrogen (secondary N) is 6. The first-order valence-corrected chi connectivity index (χ1v) is 22.4. The van der Waals surface area contributed by atoms with Gasteiger partial charge in [-0.15, -0.1) is 0 Å².